The van der Waals surface area contributed by atoms with Crippen molar-refractivity contribution in [2.75, 3.05) is 12.5 Å². The number of carbonyl (C=O) groups excluding carboxylic acids is 2. The summed E-state index contributed by atoms with van der Waals surface area (Å²) in [7, 11) is -2.61. The molecule has 1 aliphatic rings. The number of amides is 2. The molecule has 0 unspecified atom stereocenters. The van der Waals surface area contributed by atoms with Crippen molar-refractivity contribution in [3.63, 3.8) is 0 Å². The minimum atomic E-state index is -2.61. The van der Waals surface area contributed by atoms with Gasteiger partial charge in [-0.05, 0) is 37.3 Å². The van der Waals surface area contributed by atoms with Crippen molar-refractivity contribution in [1.82, 2.24) is 5.32 Å². The van der Waals surface area contributed by atoms with Crippen LogP contribution in [0.1, 0.15) is 35.6 Å². The number of nitrogens with one attached hydrogen (secondary N) is 1. The molecule has 0 bridgehead atoms. The molecule has 1 atom stereocenters. The van der Waals surface area contributed by atoms with Crippen molar-refractivity contribution in [2.45, 2.75) is 32.2 Å². The maximum Gasteiger partial charge on any atom is 0.343 e. The highest BCUT2D eigenvalue weighted by atomic mass is 32.2. The van der Waals surface area contributed by atoms with Gasteiger partial charge >= 0.3 is 11.8 Å². The average Bonchev–Trinajstić information content (AvgIpc) is 2.37. The van der Waals surface area contributed by atoms with Crippen LogP contribution in [0.15, 0.2) is 22.6 Å². The molecule has 2 amide bonds. The Kier molecular flexibility index (Phi) is 4.46. The van der Waals surface area contributed by atoms with E-state index in [0.717, 1.165) is 30.4 Å². The highest BCUT2D eigenvalue weighted by Crippen LogP contribution is 2.30. The van der Waals surface area contributed by atoms with Gasteiger partial charge in [-0.2, -0.15) is 4.36 Å². The molecule has 0 heterocycles. The van der Waals surface area contributed by atoms with Gasteiger partial charge in [-0.3, -0.25) is 9.59 Å². The summed E-state index contributed by atoms with van der Waals surface area (Å²) < 4.78 is 14.9. The lowest BCUT2D eigenvalue weighted by atomic mass is 9.86. The molecule has 21 heavy (non-hydrogen) atoms. The summed E-state index contributed by atoms with van der Waals surface area (Å²) in [5.74, 6) is -1.75. The van der Waals surface area contributed by atoms with Gasteiger partial charge in [0.25, 0.3) is 0 Å². The van der Waals surface area contributed by atoms with E-state index in [1.165, 1.54) is 18.1 Å². The van der Waals surface area contributed by atoms with E-state index in [4.69, 9.17) is 0 Å². The van der Waals surface area contributed by atoms with Crippen molar-refractivity contribution in [3.05, 3.63) is 34.9 Å². The molecule has 5 nitrogen and oxygen atoms in total. The van der Waals surface area contributed by atoms with Crippen LogP contribution in [-0.4, -0.2) is 28.5 Å². The number of aryl methyl sites for hydroxylation is 2. The molecule has 2 rings (SSSR count). The van der Waals surface area contributed by atoms with Crippen molar-refractivity contribution in [2.24, 2.45) is 4.36 Å². The molecule has 0 fully saturated rings. The second kappa shape index (κ2) is 5.97. The highest BCUT2D eigenvalue weighted by Gasteiger charge is 2.24. The van der Waals surface area contributed by atoms with Crippen LogP contribution in [0.3, 0.4) is 0 Å². The second-order valence-corrected chi connectivity index (χ2v) is 8.24. The van der Waals surface area contributed by atoms with Crippen molar-refractivity contribution in [1.29, 1.82) is 0 Å². The van der Waals surface area contributed by atoms with Gasteiger partial charge in [-0.15, -0.1) is 0 Å². The first-order chi connectivity index (χ1) is 9.76. The summed E-state index contributed by atoms with van der Waals surface area (Å²) >= 11 is 0. The van der Waals surface area contributed by atoms with Crippen LogP contribution >= 0.6 is 0 Å². The zero-order chi connectivity index (χ0) is 15.6. The highest BCUT2D eigenvalue weighted by molar-refractivity contribution is 7.92. The smallest absolute Gasteiger partial charge is 0.341 e. The van der Waals surface area contributed by atoms with Crippen LogP contribution in [0.25, 0.3) is 0 Å². The molecular weight excluding hydrogens is 288 g/mol. The number of rotatable bonds is 1. The van der Waals surface area contributed by atoms with Crippen molar-refractivity contribution >= 4 is 21.5 Å². The fourth-order valence-corrected chi connectivity index (χ4v) is 3.01. The summed E-state index contributed by atoms with van der Waals surface area (Å²) in [6.45, 7) is 2.00. The number of benzene rings is 1. The van der Waals surface area contributed by atoms with E-state index in [1.54, 1.807) is 0 Å². The number of carbonyl (C=O) groups is 2. The van der Waals surface area contributed by atoms with E-state index in [2.05, 4.69) is 15.7 Å². The number of hydrogen-bond acceptors (Lipinski definition) is 3. The molecular formula is C15H20N2O3S. The third-order valence-corrected chi connectivity index (χ3v) is 4.02. The van der Waals surface area contributed by atoms with E-state index in [0.29, 0.717) is 0 Å². The van der Waals surface area contributed by atoms with Gasteiger partial charge in [0.2, 0.25) is 0 Å². The predicted molar refractivity (Wildman–Crippen MR) is 82.4 cm³/mol. The Hall–Kier alpha value is -1.69. The molecule has 0 aliphatic heterocycles. The van der Waals surface area contributed by atoms with Gasteiger partial charge < -0.3 is 5.32 Å². The number of nitrogens with zero attached hydrogens (tertiary/aromatic N) is 1. The Bertz CT molecular complexity index is 695. The maximum absolute atomic E-state index is 11.9. The fourth-order valence-electron chi connectivity index (χ4n) is 2.53. The van der Waals surface area contributed by atoms with Gasteiger partial charge in [0.05, 0.1) is 6.04 Å². The lowest BCUT2D eigenvalue weighted by molar-refractivity contribution is -0.137. The fraction of sp³-hybridized carbons (Fsp3) is 0.467. The summed E-state index contributed by atoms with van der Waals surface area (Å²) in [4.78, 5) is 23.6. The average molecular weight is 308 g/mol. The summed E-state index contributed by atoms with van der Waals surface area (Å²) in [6.07, 6.45) is 5.40. The van der Waals surface area contributed by atoms with Crippen LogP contribution in [0.4, 0.5) is 0 Å². The van der Waals surface area contributed by atoms with Gasteiger partial charge in [0, 0.05) is 22.2 Å². The Morgan fingerprint density at radius 2 is 2.05 bits per heavy atom. The minimum Gasteiger partial charge on any atom is -0.341 e. The van der Waals surface area contributed by atoms with Crippen LogP contribution in [0, 0.1) is 6.92 Å². The normalized spacial score (nSPS) is 17.8. The van der Waals surface area contributed by atoms with Crippen LogP contribution in [0.5, 0.6) is 0 Å². The molecule has 0 aromatic heterocycles. The molecule has 1 N–H and O–H groups in total. The molecule has 0 saturated heterocycles. The number of hydrogen-bond donors (Lipinski definition) is 1. The van der Waals surface area contributed by atoms with Crippen LogP contribution in [-0.2, 0) is 25.7 Å². The maximum atomic E-state index is 11.9. The quantitative estimate of drug-likeness (QED) is 0.803. The molecule has 1 aromatic rings. The standard InChI is InChI=1S/C15H20N2O3S/c1-10-7-8-11-5-4-6-13(12(11)9-10)16-14(18)15(19)17-21(2,3)20/h7-9,13H,4-6H2,1-3H3,(H,16,18)/t13-/m0/s1. The third-order valence-electron chi connectivity index (χ3n) is 3.42. The molecule has 114 valence electrons. The predicted octanol–water partition coefficient (Wildman–Crippen LogP) is 1.74. The Morgan fingerprint density at radius 3 is 2.71 bits per heavy atom. The van der Waals surface area contributed by atoms with Crippen molar-refractivity contribution < 1.29 is 13.8 Å². The zero-order valence-corrected chi connectivity index (χ0v) is 13.3. The molecule has 0 radical (unpaired) electrons. The molecule has 0 saturated carbocycles. The number of fused-ring (bicyclic) bond motifs is 1. The first-order valence-electron chi connectivity index (χ1n) is 6.87. The topological polar surface area (TPSA) is 75.6 Å². The third kappa shape index (κ3) is 4.14. The van der Waals surface area contributed by atoms with E-state index in [9.17, 15) is 13.8 Å². The van der Waals surface area contributed by atoms with Gasteiger partial charge in [0.15, 0.2) is 0 Å². The molecule has 1 aliphatic carbocycles. The van der Waals surface area contributed by atoms with Crippen LogP contribution in [0.2, 0.25) is 0 Å². The Labute approximate surface area is 125 Å². The summed E-state index contributed by atoms with van der Waals surface area (Å²) in [5, 5.41) is 2.72. The second-order valence-electron chi connectivity index (χ2n) is 5.70. The van der Waals surface area contributed by atoms with E-state index in [-0.39, 0.29) is 6.04 Å². The lowest BCUT2D eigenvalue weighted by Gasteiger charge is -2.26. The Balaban J connectivity index is 2.19. The SMILES string of the molecule is Cc1ccc2c(c1)[C@@H](NC(=O)C(=O)N=S(C)(C)=O)CCC2. The zero-order valence-electron chi connectivity index (χ0n) is 12.5. The molecule has 1 aromatic carbocycles. The van der Waals surface area contributed by atoms with Gasteiger partial charge in [-0.25, -0.2) is 4.21 Å². The van der Waals surface area contributed by atoms with Crippen molar-refractivity contribution in [3.8, 4) is 0 Å². The van der Waals surface area contributed by atoms with Crippen LogP contribution < -0.4 is 5.32 Å². The first kappa shape index (κ1) is 15.7. The van der Waals surface area contributed by atoms with E-state index in [1.807, 2.05) is 19.1 Å². The Morgan fingerprint density at radius 1 is 1.33 bits per heavy atom. The largest absolute Gasteiger partial charge is 0.343 e. The van der Waals surface area contributed by atoms with E-state index >= 15 is 0 Å². The lowest BCUT2D eigenvalue weighted by Crippen LogP contribution is -2.35. The molecule has 6 heteroatoms. The van der Waals surface area contributed by atoms with Gasteiger partial charge in [-0.1, -0.05) is 23.8 Å². The minimum absolute atomic E-state index is 0.176. The first-order valence-corrected chi connectivity index (χ1v) is 9.21. The van der Waals surface area contributed by atoms with E-state index < -0.39 is 21.5 Å². The molecule has 0 spiro atoms. The summed E-state index contributed by atoms with van der Waals surface area (Å²) in [6, 6.07) is 5.99. The van der Waals surface area contributed by atoms with Gasteiger partial charge in [0.1, 0.15) is 0 Å². The summed E-state index contributed by atoms with van der Waals surface area (Å²) in [5.41, 5.74) is 3.39. The monoisotopic (exact) mass is 308 g/mol.